The Balaban J connectivity index is 0.00000101. The zero-order valence-corrected chi connectivity index (χ0v) is 30.6. The second-order valence-corrected chi connectivity index (χ2v) is 15.2. The maximum Gasteiger partial charge on any atom is 0.410 e. The molecule has 0 radical (unpaired) electrons. The van der Waals surface area contributed by atoms with Gasteiger partial charge in [-0.3, -0.25) is 9.78 Å². The Morgan fingerprint density at radius 1 is 1.00 bits per heavy atom. The number of benzene rings is 2. The lowest BCUT2D eigenvalue weighted by Gasteiger charge is -2.40. The van der Waals surface area contributed by atoms with E-state index in [9.17, 15) is 14.7 Å². The molecule has 2 aliphatic heterocycles. The van der Waals surface area contributed by atoms with Crippen molar-refractivity contribution in [2.45, 2.75) is 113 Å². The Morgan fingerprint density at radius 3 is 2.27 bits per heavy atom. The van der Waals surface area contributed by atoms with Crippen molar-refractivity contribution in [3.8, 4) is 11.1 Å². The number of anilines is 1. The topological polar surface area (TPSA) is 112 Å². The van der Waals surface area contributed by atoms with Crippen molar-refractivity contribution in [3.05, 3.63) is 82.2 Å². The molecule has 2 aromatic carbocycles. The van der Waals surface area contributed by atoms with E-state index in [4.69, 9.17) is 19.6 Å². The van der Waals surface area contributed by atoms with E-state index in [1.165, 1.54) is 0 Å². The molecule has 1 fully saturated rings. The number of hydrogen-bond donors (Lipinski definition) is 2. The first-order chi connectivity index (χ1) is 23.0. The fourth-order valence-corrected chi connectivity index (χ4v) is 6.22. The molecule has 2 N–H and O–H groups in total. The smallest absolute Gasteiger partial charge is 0.410 e. The Hall–Kier alpha value is -3.95. The van der Waals surface area contributed by atoms with Crippen LogP contribution in [-0.2, 0) is 46.9 Å². The van der Waals surface area contributed by atoms with Gasteiger partial charge in [0.15, 0.2) is 0 Å². The number of nitrogens with zero attached hydrogens (tertiary/aromatic N) is 3. The molecule has 5 rings (SSSR count). The van der Waals surface area contributed by atoms with Crippen LogP contribution in [0.5, 0.6) is 0 Å². The molecule has 9 nitrogen and oxygen atoms in total. The molecule has 0 spiro atoms. The highest BCUT2D eigenvalue weighted by Gasteiger charge is 2.31. The summed E-state index contributed by atoms with van der Waals surface area (Å²) in [5, 5.41) is 19.1. The summed E-state index contributed by atoms with van der Waals surface area (Å²) in [7, 11) is 0. The molecule has 0 unspecified atom stereocenters. The predicted molar refractivity (Wildman–Crippen MR) is 193 cm³/mol. The standard InChI is InChI=1S/C36H45N3O5.C4H10O/c1-24(2)44-32(41)20-30-25(3)37-31(22-40)33(34(30)38-17-14-36(4,5)15-18-38)28-11-12-29-21-39(16-13-27(29)19-28)35(42)43-23-26-9-7-6-8-10-26;1-4(2,3)5/h6-12,19,24,40H,13-18,20-23H2,1-5H3;5H,1-3H3. The number of aliphatic hydroxyl groups is 2. The predicted octanol–water partition coefficient (Wildman–Crippen LogP) is 7.14. The number of pyridine rings is 1. The number of esters is 1. The van der Waals surface area contributed by atoms with Crippen LogP contribution in [-0.4, -0.2) is 63.5 Å². The second-order valence-electron chi connectivity index (χ2n) is 15.2. The van der Waals surface area contributed by atoms with E-state index < -0.39 is 5.60 Å². The Labute approximate surface area is 292 Å². The zero-order chi connectivity index (χ0) is 35.9. The van der Waals surface area contributed by atoms with Crippen molar-refractivity contribution in [2.75, 3.05) is 24.5 Å². The summed E-state index contributed by atoms with van der Waals surface area (Å²) in [4.78, 5) is 34.8. The highest BCUT2D eigenvalue weighted by atomic mass is 16.6. The van der Waals surface area contributed by atoms with Gasteiger partial charge in [0.2, 0.25) is 0 Å². The fourth-order valence-electron chi connectivity index (χ4n) is 6.22. The molecule has 3 heterocycles. The molecule has 266 valence electrons. The number of fused-ring (bicyclic) bond motifs is 1. The molecular weight excluding hydrogens is 618 g/mol. The van der Waals surface area contributed by atoms with Crippen LogP contribution in [0.4, 0.5) is 10.5 Å². The average Bonchev–Trinajstić information content (AvgIpc) is 3.03. The van der Waals surface area contributed by atoms with Gasteiger partial charge in [0.25, 0.3) is 0 Å². The molecule has 1 saturated heterocycles. The first-order valence-electron chi connectivity index (χ1n) is 17.4. The highest BCUT2D eigenvalue weighted by molar-refractivity contribution is 5.87. The lowest BCUT2D eigenvalue weighted by atomic mass is 9.81. The van der Waals surface area contributed by atoms with Gasteiger partial charge in [-0.2, -0.15) is 0 Å². The van der Waals surface area contributed by atoms with Crippen molar-refractivity contribution in [3.63, 3.8) is 0 Å². The van der Waals surface area contributed by atoms with E-state index in [2.05, 4.69) is 36.9 Å². The molecular formula is C40H55N3O6. The first kappa shape index (κ1) is 37.9. The van der Waals surface area contributed by atoms with Crippen molar-refractivity contribution in [2.24, 2.45) is 5.41 Å². The Kier molecular flexibility index (Phi) is 12.5. The summed E-state index contributed by atoms with van der Waals surface area (Å²) in [6.45, 7) is 18.2. The molecule has 2 aliphatic rings. The number of piperidine rings is 1. The number of ether oxygens (including phenoxy) is 2. The van der Waals surface area contributed by atoms with Gasteiger partial charge in [0.05, 0.1) is 36.1 Å². The van der Waals surface area contributed by atoms with Gasteiger partial charge < -0.3 is 29.5 Å². The van der Waals surface area contributed by atoms with Crippen LogP contribution in [0.1, 0.15) is 94.9 Å². The molecule has 0 saturated carbocycles. The lowest BCUT2D eigenvalue weighted by Crippen LogP contribution is -2.38. The number of amides is 1. The molecule has 49 heavy (non-hydrogen) atoms. The van der Waals surface area contributed by atoms with E-state index in [1.807, 2.05) is 51.1 Å². The summed E-state index contributed by atoms with van der Waals surface area (Å²) in [5.74, 6) is -0.282. The third-order valence-electron chi connectivity index (χ3n) is 8.79. The van der Waals surface area contributed by atoms with Crippen molar-refractivity contribution >= 4 is 17.7 Å². The van der Waals surface area contributed by atoms with Gasteiger partial charge in [0, 0.05) is 43.0 Å². The lowest BCUT2D eigenvalue weighted by molar-refractivity contribution is -0.146. The molecule has 0 atom stereocenters. The molecule has 3 aromatic rings. The maximum atomic E-state index is 13.0. The van der Waals surface area contributed by atoms with Gasteiger partial charge in [-0.15, -0.1) is 0 Å². The van der Waals surface area contributed by atoms with Crippen molar-refractivity contribution in [1.82, 2.24) is 9.88 Å². The molecule has 9 heteroatoms. The van der Waals surface area contributed by atoms with Crippen LogP contribution in [0.25, 0.3) is 11.1 Å². The summed E-state index contributed by atoms with van der Waals surface area (Å²) < 4.78 is 11.1. The van der Waals surface area contributed by atoms with Crippen molar-refractivity contribution in [1.29, 1.82) is 0 Å². The SMILES string of the molecule is CC(C)(C)O.Cc1nc(CO)c(-c2ccc3c(c2)CCN(C(=O)OCc2ccccc2)C3)c(N2CCC(C)(C)CC2)c1CC(=O)OC(C)C. The first-order valence-corrected chi connectivity index (χ1v) is 17.4. The van der Waals surface area contributed by atoms with E-state index >= 15 is 0 Å². The van der Waals surface area contributed by atoms with E-state index in [0.717, 1.165) is 70.7 Å². The minimum absolute atomic E-state index is 0.121. The molecule has 0 bridgehead atoms. The normalized spacial score (nSPS) is 15.7. The average molecular weight is 674 g/mol. The molecule has 1 amide bonds. The number of aryl methyl sites for hydroxylation is 1. The largest absolute Gasteiger partial charge is 0.463 e. The van der Waals surface area contributed by atoms with Gasteiger partial charge in [-0.25, -0.2) is 4.79 Å². The number of carbonyl (C=O) groups is 2. The number of hydrogen-bond acceptors (Lipinski definition) is 8. The maximum absolute atomic E-state index is 13.0. The van der Waals surface area contributed by atoms with Crippen LogP contribution in [0, 0.1) is 12.3 Å². The van der Waals surface area contributed by atoms with Crippen LogP contribution < -0.4 is 4.90 Å². The van der Waals surface area contributed by atoms with E-state index in [0.29, 0.717) is 25.2 Å². The van der Waals surface area contributed by atoms with E-state index in [-0.39, 0.29) is 43.2 Å². The summed E-state index contributed by atoms with van der Waals surface area (Å²) in [6, 6.07) is 16.0. The van der Waals surface area contributed by atoms with Crippen LogP contribution in [0.3, 0.4) is 0 Å². The Bertz CT molecular complexity index is 1580. The van der Waals surface area contributed by atoms with E-state index in [1.54, 1.807) is 25.7 Å². The molecule has 1 aromatic heterocycles. The van der Waals surface area contributed by atoms with Gasteiger partial charge in [-0.1, -0.05) is 62.4 Å². The number of carbonyl (C=O) groups excluding carboxylic acids is 2. The third-order valence-corrected chi connectivity index (χ3v) is 8.79. The van der Waals surface area contributed by atoms with Crippen LogP contribution >= 0.6 is 0 Å². The van der Waals surface area contributed by atoms with Gasteiger partial charge in [-0.05, 0) is 88.5 Å². The summed E-state index contributed by atoms with van der Waals surface area (Å²) in [5.41, 5.74) is 7.93. The van der Waals surface area contributed by atoms with Crippen LogP contribution in [0.15, 0.2) is 48.5 Å². The third kappa shape index (κ3) is 10.8. The zero-order valence-electron chi connectivity index (χ0n) is 30.6. The van der Waals surface area contributed by atoms with Crippen LogP contribution in [0.2, 0.25) is 0 Å². The number of rotatable bonds is 8. The number of aromatic nitrogens is 1. The van der Waals surface area contributed by atoms with Gasteiger partial charge in [0.1, 0.15) is 6.61 Å². The second kappa shape index (κ2) is 16.2. The summed E-state index contributed by atoms with van der Waals surface area (Å²) >= 11 is 0. The monoisotopic (exact) mass is 673 g/mol. The van der Waals surface area contributed by atoms with Crippen molar-refractivity contribution < 1.29 is 29.3 Å². The minimum Gasteiger partial charge on any atom is -0.463 e. The molecule has 0 aliphatic carbocycles. The fraction of sp³-hybridized carbons (Fsp3) is 0.525. The Morgan fingerprint density at radius 2 is 1.65 bits per heavy atom. The highest BCUT2D eigenvalue weighted by Crippen LogP contribution is 2.42. The van der Waals surface area contributed by atoms with Gasteiger partial charge >= 0.3 is 12.1 Å². The quantitative estimate of drug-likeness (QED) is 0.243. The number of aliphatic hydroxyl groups excluding tert-OH is 1. The summed E-state index contributed by atoms with van der Waals surface area (Å²) in [6.07, 6.45) is 2.34. The minimum atomic E-state index is -0.500.